The van der Waals surface area contributed by atoms with E-state index in [0.717, 1.165) is 22.4 Å². The lowest BCUT2D eigenvalue weighted by Gasteiger charge is -2.17. The van der Waals surface area contributed by atoms with Crippen LogP contribution in [-0.2, 0) is 20.9 Å². The summed E-state index contributed by atoms with van der Waals surface area (Å²) in [6, 6.07) is 20.0. The van der Waals surface area contributed by atoms with Crippen LogP contribution in [0.25, 0.3) is 0 Å². The molecule has 4 rings (SSSR count). The van der Waals surface area contributed by atoms with Crippen molar-refractivity contribution in [3.63, 3.8) is 0 Å². The summed E-state index contributed by atoms with van der Waals surface area (Å²) in [7, 11) is 0. The molecule has 0 radical (unpaired) electrons. The van der Waals surface area contributed by atoms with Gasteiger partial charge >= 0.3 is 0 Å². The number of rotatable bonds is 8. The molecular formula is C28H28ClN3O4. The molecule has 1 atom stereocenters. The summed E-state index contributed by atoms with van der Waals surface area (Å²) in [4.78, 5) is 39.0. The van der Waals surface area contributed by atoms with Crippen LogP contribution in [0.15, 0.2) is 66.7 Å². The monoisotopic (exact) mass is 505 g/mol. The Labute approximate surface area is 215 Å². The third-order valence-electron chi connectivity index (χ3n) is 6.05. The molecule has 3 aromatic carbocycles. The van der Waals surface area contributed by atoms with Gasteiger partial charge in [-0.2, -0.15) is 0 Å². The molecule has 0 saturated carbocycles. The van der Waals surface area contributed by atoms with Crippen LogP contribution in [0.3, 0.4) is 0 Å². The number of nitrogens with zero attached hydrogens (tertiary/aromatic N) is 1. The fourth-order valence-corrected chi connectivity index (χ4v) is 4.21. The minimum absolute atomic E-state index is 0.108. The Morgan fingerprint density at radius 1 is 1.03 bits per heavy atom. The van der Waals surface area contributed by atoms with E-state index in [9.17, 15) is 14.4 Å². The fraction of sp³-hybridized carbons (Fsp3) is 0.250. The van der Waals surface area contributed by atoms with Crippen LogP contribution < -0.4 is 20.3 Å². The molecule has 0 aliphatic carbocycles. The van der Waals surface area contributed by atoms with Crippen molar-refractivity contribution in [1.29, 1.82) is 0 Å². The molecule has 1 aliphatic heterocycles. The average Bonchev–Trinajstić information content (AvgIpc) is 3.26. The van der Waals surface area contributed by atoms with Gasteiger partial charge in [0.25, 0.3) is 5.91 Å². The van der Waals surface area contributed by atoms with Gasteiger partial charge in [0.15, 0.2) is 6.61 Å². The van der Waals surface area contributed by atoms with Crippen LogP contribution in [0.2, 0.25) is 5.02 Å². The lowest BCUT2D eigenvalue weighted by molar-refractivity contribution is -0.126. The van der Waals surface area contributed by atoms with E-state index in [1.807, 2.05) is 44.2 Å². The maximum Gasteiger partial charge on any atom is 0.262 e. The van der Waals surface area contributed by atoms with Crippen molar-refractivity contribution in [3.05, 3.63) is 88.4 Å². The Kier molecular flexibility index (Phi) is 7.90. The van der Waals surface area contributed by atoms with E-state index in [0.29, 0.717) is 29.5 Å². The first-order chi connectivity index (χ1) is 17.3. The van der Waals surface area contributed by atoms with Gasteiger partial charge in [-0.1, -0.05) is 41.4 Å². The Hall–Kier alpha value is -3.84. The largest absolute Gasteiger partial charge is 0.484 e. The molecule has 2 N–H and O–H groups in total. The summed E-state index contributed by atoms with van der Waals surface area (Å²) in [5.74, 6) is -0.431. The quantitative estimate of drug-likeness (QED) is 0.466. The molecule has 3 aromatic rings. The molecule has 186 valence electrons. The van der Waals surface area contributed by atoms with Crippen LogP contribution in [0, 0.1) is 19.8 Å². The van der Waals surface area contributed by atoms with Crippen LogP contribution in [-0.4, -0.2) is 30.9 Å². The van der Waals surface area contributed by atoms with E-state index in [1.54, 1.807) is 41.3 Å². The van der Waals surface area contributed by atoms with Gasteiger partial charge in [-0.15, -0.1) is 0 Å². The second-order valence-electron chi connectivity index (χ2n) is 8.90. The second kappa shape index (κ2) is 11.3. The van der Waals surface area contributed by atoms with Crippen molar-refractivity contribution in [3.8, 4) is 5.75 Å². The molecule has 7 nitrogen and oxygen atoms in total. The zero-order valence-electron chi connectivity index (χ0n) is 20.2. The third-order valence-corrected chi connectivity index (χ3v) is 6.30. The predicted molar refractivity (Wildman–Crippen MR) is 140 cm³/mol. The molecule has 8 heteroatoms. The molecule has 0 unspecified atom stereocenters. The van der Waals surface area contributed by atoms with Crippen LogP contribution >= 0.6 is 11.6 Å². The fourth-order valence-electron chi connectivity index (χ4n) is 4.08. The average molecular weight is 506 g/mol. The number of amides is 3. The second-order valence-corrected chi connectivity index (χ2v) is 9.34. The SMILES string of the molecule is Cc1ccc(NC(=O)COc2ccc(N3C[C@H](C(=O)NCc4ccc(Cl)cc4)CC3=O)cc2)c(C)c1. The molecule has 1 saturated heterocycles. The Morgan fingerprint density at radius 3 is 2.44 bits per heavy atom. The summed E-state index contributed by atoms with van der Waals surface area (Å²) in [6.45, 7) is 4.49. The van der Waals surface area contributed by atoms with Gasteiger partial charge in [-0.05, 0) is 67.4 Å². The predicted octanol–water partition coefficient (Wildman–Crippen LogP) is 4.64. The Balaban J connectivity index is 1.27. The van der Waals surface area contributed by atoms with Gasteiger partial charge in [0, 0.05) is 35.9 Å². The number of carbonyl (C=O) groups is 3. The molecule has 0 bridgehead atoms. The van der Waals surface area contributed by atoms with Crippen LogP contribution in [0.4, 0.5) is 11.4 Å². The summed E-state index contributed by atoms with van der Waals surface area (Å²) < 4.78 is 5.60. The van der Waals surface area contributed by atoms with Crippen molar-refractivity contribution in [2.45, 2.75) is 26.8 Å². The first-order valence-electron chi connectivity index (χ1n) is 11.7. The molecule has 1 fully saturated rings. The van der Waals surface area contributed by atoms with E-state index in [-0.39, 0.29) is 30.7 Å². The van der Waals surface area contributed by atoms with Gasteiger partial charge in [0.05, 0.1) is 5.92 Å². The Morgan fingerprint density at radius 2 is 1.75 bits per heavy atom. The standard InChI is InChI=1S/C28H28ClN3O4/c1-18-3-12-25(19(2)13-18)31-26(33)17-36-24-10-8-23(9-11-24)32-16-21(14-27(32)34)28(35)30-15-20-4-6-22(29)7-5-20/h3-13,21H,14-17H2,1-2H3,(H,30,35)(H,31,33)/t21-/m1/s1. The summed E-state index contributed by atoms with van der Waals surface area (Å²) in [5, 5.41) is 6.38. The molecular weight excluding hydrogens is 478 g/mol. The number of carbonyl (C=O) groups excluding carboxylic acids is 3. The van der Waals surface area contributed by atoms with Gasteiger partial charge in [-0.25, -0.2) is 0 Å². The number of ether oxygens (including phenoxy) is 1. The zero-order valence-corrected chi connectivity index (χ0v) is 21.0. The van der Waals surface area contributed by atoms with E-state index in [1.165, 1.54) is 0 Å². The van der Waals surface area contributed by atoms with Crippen molar-refractivity contribution >= 4 is 40.7 Å². The van der Waals surface area contributed by atoms with Gasteiger partial charge in [0.2, 0.25) is 11.8 Å². The van der Waals surface area contributed by atoms with Crippen molar-refractivity contribution in [1.82, 2.24) is 5.32 Å². The maximum absolute atomic E-state index is 12.6. The highest BCUT2D eigenvalue weighted by Gasteiger charge is 2.35. The van der Waals surface area contributed by atoms with Gasteiger partial charge in [0.1, 0.15) is 5.75 Å². The highest BCUT2D eigenvalue weighted by Crippen LogP contribution is 2.27. The van der Waals surface area contributed by atoms with Gasteiger partial charge < -0.3 is 20.3 Å². The molecule has 1 aliphatic rings. The maximum atomic E-state index is 12.6. The summed E-state index contributed by atoms with van der Waals surface area (Å²) in [5.41, 5.74) is 4.49. The highest BCUT2D eigenvalue weighted by molar-refractivity contribution is 6.30. The number of benzene rings is 3. The van der Waals surface area contributed by atoms with E-state index >= 15 is 0 Å². The molecule has 1 heterocycles. The minimum atomic E-state index is -0.422. The number of hydrogen-bond donors (Lipinski definition) is 2. The number of nitrogens with one attached hydrogen (secondary N) is 2. The first-order valence-corrected chi connectivity index (χ1v) is 12.1. The van der Waals surface area contributed by atoms with E-state index in [4.69, 9.17) is 16.3 Å². The highest BCUT2D eigenvalue weighted by atomic mass is 35.5. The lowest BCUT2D eigenvalue weighted by atomic mass is 10.1. The third kappa shape index (κ3) is 6.43. The minimum Gasteiger partial charge on any atom is -0.484 e. The van der Waals surface area contributed by atoms with Crippen LogP contribution in [0.5, 0.6) is 5.75 Å². The number of aryl methyl sites for hydroxylation is 2. The van der Waals surface area contributed by atoms with Gasteiger partial charge in [-0.3, -0.25) is 14.4 Å². The molecule has 3 amide bonds. The topological polar surface area (TPSA) is 87.7 Å². The molecule has 0 aromatic heterocycles. The zero-order chi connectivity index (χ0) is 25.7. The first kappa shape index (κ1) is 25.3. The molecule has 0 spiro atoms. The van der Waals surface area contributed by atoms with E-state index in [2.05, 4.69) is 10.6 Å². The number of halogens is 1. The molecule has 36 heavy (non-hydrogen) atoms. The Bertz CT molecular complexity index is 1260. The number of hydrogen-bond acceptors (Lipinski definition) is 4. The number of anilines is 2. The smallest absolute Gasteiger partial charge is 0.262 e. The summed E-state index contributed by atoms with van der Waals surface area (Å²) >= 11 is 5.89. The van der Waals surface area contributed by atoms with Crippen LogP contribution in [0.1, 0.15) is 23.1 Å². The normalized spacial score (nSPS) is 15.0. The lowest BCUT2D eigenvalue weighted by Crippen LogP contribution is -2.32. The van der Waals surface area contributed by atoms with Crippen molar-refractivity contribution < 1.29 is 19.1 Å². The summed E-state index contributed by atoms with van der Waals surface area (Å²) in [6.07, 6.45) is 0.156. The van der Waals surface area contributed by atoms with Crippen molar-refractivity contribution in [2.75, 3.05) is 23.4 Å². The van der Waals surface area contributed by atoms with E-state index < -0.39 is 5.92 Å². The van der Waals surface area contributed by atoms with Crippen molar-refractivity contribution in [2.24, 2.45) is 5.92 Å².